The fourth-order valence-electron chi connectivity index (χ4n) is 3.39. The lowest BCUT2D eigenvalue weighted by molar-refractivity contribution is -0.293. The zero-order valence-corrected chi connectivity index (χ0v) is 15.0. The number of carbonyl (C=O) groups is 1. The van der Waals surface area contributed by atoms with Gasteiger partial charge < -0.3 is 9.90 Å². The van der Waals surface area contributed by atoms with Crippen molar-refractivity contribution < 1.29 is 9.90 Å². The Labute approximate surface area is 148 Å². The van der Waals surface area contributed by atoms with Crippen molar-refractivity contribution in [3.8, 4) is 0 Å². The zero-order chi connectivity index (χ0) is 17.7. The molecule has 25 heavy (non-hydrogen) atoms. The lowest BCUT2D eigenvalue weighted by Crippen LogP contribution is -2.39. The van der Waals surface area contributed by atoms with E-state index in [1.165, 1.54) is 0 Å². The van der Waals surface area contributed by atoms with Crippen molar-refractivity contribution >= 4 is 34.1 Å². The predicted octanol–water partition coefficient (Wildman–Crippen LogP) is 2.31. The summed E-state index contributed by atoms with van der Waals surface area (Å²) in [4.78, 5) is 12.2. The van der Waals surface area contributed by atoms with Crippen LogP contribution >= 0.6 is 6.89 Å². The van der Waals surface area contributed by atoms with Crippen LogP contribution in [0, 0.1) is 0 Å². The van der Waals surface area contributed by atoms with Crippen molar-refractivity contribution in [3.05, 3.63) is 91.0 Å². The van der Waals surface area contributed by atoms with Crippen LogP contribution in [0.4, 0.5) is 0 Å². The first-order valence-electron chi connectivity index (χ1n) is 8.35. The molecule has 0 heterocycles. The Balaban J connectivity index is 2.57. The molecule has 0 amide bonds. The van der Waals surface area contributed by atoms with Gasteiger partial charge in [-0.25, -0.2) is 0 Å². The highest BCUT2D eigenvalue weighted by Crippen LogP contribution is 2.46. The van der Waals surface area contributed by atoms with Crippen LogP contribution in [0.5, 0.6) is 0 Å². The highest BCUT2D eigenvalue weighted by atomic mass is 31.2. The second-order valence-corrected chi connectivity index (χ2v) is 9.20. The molecule has 3 aromatic rings. The van der Waals surface area contributed by atoms with Crippen LogP contribution in [-0.4, -0.2) is 11.3 Å². The van der Waals surface area contributed by atoms with Gasteiger partial charge in [-0.3, -0.25) is 0 Å². The Kier molecular flexibility index (Phi) is 5.21. The van der Waals surface area contributed by atoms with Crippen LogP contribution in [-0.2, 0) is 4.79 Å². The van der Waals surface area contributed by atoms with E-state index in [1.54, 1.807) is 0 Å². The SMILES string of the molecule is CCC(C(=O)[O-])=P(c1ccccc1)(c1ccccc1)c1ccccc1. The molecule has 0 saturated carbocycles. The molecule has 0 bridgehead atoms. The van der Waals surface area contributed by atoms with E-state index in [4.69, 9.17) is 0 Å². The van der Waals surface area contributed by atoms with E-state index in [-0.39, 0.29) is 0 Å². The van der Waals surface area contributed by atoms with Gasteiger partial charge in [0.25, 0.3) is 0 Å². The van der Waals surface area contributed by atoms with Crippen LogP contribution in [0.2, 0.25) is 0 Å². The largest absolute Gasteiger partial charge is 0.545 e. The maximum atomic E-state index is 12.2. The summed E-state index contributed by atoms with van der Waals surface area (Å²) in [5.41, 5.74) is 0. The van der Waals surface area contributed by atoms with Crippen LogP contribution in [0.25, 0.3) is 0 Å². The summed E-state index contributed by atoms with van der Waals surface area (Å²) in [5, 5.41) is 15.8. The number of aliphatic carboxylic acids is 1. The molecular formula is C22H20O2P-. The Hall–Kier alpha value is -2.57. The van der Waals surface area contributed by atoms with Gasteiger partial charge in [-0.05, 0) is 34.5 Å². The third kappa shape index (κ3) is 3.06. The van der Waals surface area contributed by atoms with Crippen LogP contribution in [0.15, 0.2) is 91.0 Å². The molecule has 0 atom stereocenters. The van der Waals surface area contributed by atoms with Crippen LogP contribution in [0.3, 0.4) is 0 Å². The Morgan fingerprint density at radius 3 is 1.28 bits per heavy atom. The average Bonchev–Trinajstić information content (AvgIpc) is 2.68. The normalized spacial score (nSPS) is 11.1. The molecule has 0 N–H and O–H groups in total. The number of carbonyl (C=O) groups excluding carboxylic acids is 1. The first kappa shape index (κ1) is 17.3. The minimum atomic E-state index is -2.46. The van der Waals surface area contributed by atoms with Gasteiger partial charge in [0.2, 0.25) is 0 Å². The monoisotopic (exact) mass is 347 g/mol. The van der Waals surface area contributed by atoms with Crippen molar-refractivity contribution in [2.75, 3.05) is 0 Å². The van der Waals surface area contributed by atoms with E-state index in [0.29, 0.717) is 11.7 Å². The highest BCUT2D eigenvalue weighted by molar-refractivity contribution is 7.96. The van der Waals surface area contributed by atoms with E-state index in [9.17, 15) is 9.90 Å². The Morgan fingerprint density at radius 1 is 0.720 bits per heavy atom. The van der Waals surface area contributed by atoms with Gasteiger partial charge in [0.15, 0.2) is 0 Å². The third-order valence-electron chi connectivity index (χ3n) is 4.41. The summed E-state index contributed by atoms with van der Waals surface area (Å²) >= 11 is 0. The second kappa shape index (κ2) is 7.55. The number of rotatable bonds is 5. The summed E-state index contributed by atoms with van der Waals surface area (Å²) in [6, 6.07) is 29.9. The molecule has 0 aromatic heterocycles. The number of benzene rings is 3. The molecule has 2 nitrogen and oxygen atoms in total. The van der Waals surface area contributed by atoms with Crippen LogP contribution in [0.1, 0.15) is 13.3 Å². The molecule has 0 unspecified atom stereocenters. The molecule has 0 radical (unpaired) electrons. The van der Waals surface area contributed by atoms with Gasteiger partial charge >= 0.3 is 0 Å². The van der Waals surface area contributed by atoms with Gasteiger partial charge in [-0.1, -0.05) is 97.9 Å². The number of carboxylic acids is 1. The molecule has 3 rings (SSSR count). The predicted molar refractivity (Wildman–Crippen MR) is 105 cm³/mol. The van der Waals surface area contributed by atoms with Crippen LogP contribution < -0.4 is 21.0 Å². The van der Waals surface area contributed by atoms with Gasteiger partial charge in [0.05, 0.1) is 5.97 Å². The van der Waals surface area contributed by atoms with E-state index in [0.717, 1.165) is 15.9 Å². The van der Waals surface area contributed by atoms with Gasteiger partial charge in [0, 0.05) is 0 Å². The smallest absolute Gasteiger partial charge is 0.0685 e. The van der Waals surface area contributed by atoms with Crippen molar-refractivity contribution in [1.29, 1.82) is 0 Å². The summed E-state index contributed by atoms with van der Waals surface area (Å²) < 4.78 is 0. The summed E-state index contributed by atoms with van der Waals surface area (Å²) in [7, 11) is 0. The molecular weight excluding hydrogens is 327 g/mol. The first-order valence-corrected chi connectivity index (χ1v) is 10.1. The quantitative estimate of drug-likeness (QED) is 0.665. The lowest BCUT2D eigenvalue weighted by Gasteiger charge is -2.33. The molecule has 0 spiro atoms. The van der Waals surface area contributed by atoms with Gasteiger partial charge in [-0.15, -0.1) is 0 Å². The second-order valence-electron chi connectivity index (χ2n) is 5.77. The van der Waals surface area contributed by atoms with E-state index < -0.39 is 12.9 Å². The van der Waals surface area contributed by atoms with E-state index in [2.05, 4.69) is 0 Å². The summed E-state index contributed by atoms with van der Waals surface area (Å²) in [6.07, 6.45) is 0.439. The molecule has 0 aliphatic heterocycles. The number of carboxylic acid groups (broad SMARTS) is 1. The minimum absolute atomic E-state index is 0.439. The standard InChI is InChI=1S/C22H21O2P/c1-2-21(22(23)24)25(18-12-6-3-7-13-18,19-14-8-4-9-15-19)20-16-10-5-11-17-20/h3-17H,2H2,1H3,(H,23,24)/p-1. The fraction of sp³-hybridized carbons (Fsp3) is 0.0909. The van der Waals surface area contributed by atoms with Crippen molar-refractivity contribution in [2.24, 2.45) is 0 Å². The average molecular weight is 347 g/mol. The molecule has 3 aromatic carbocycles. The molecule has 0 saturated heterocycles. The van der Waals surface area contributed by atoms with Gasteiger partial charge in [0.1, 0.15) is 0 Å². The topological polar surface area (TPSA) is 40.1 Å². The summed E-state index contributed by atoms with van der Waals surface area (Å²) in [6.45, 7) is -0.567. The van der Waals surface area contributed by atoms with Crippen molar-refractivity contribution in [1.82, 2.24) is 0 Å². The maximum Gasteiger partial charge on any atom is 0.0685 e. The molecule has 0 aliphatic carbocycles. The molecule has 0 fully saturated rings. The van der Waals surface area contributed by atoms with Gasteiger partial charge in [-0.2, -0.15) is 0 Å². The van der Waals surface area contributed by atoms with E-state index >= 15 is 0 Å². The highest BCUT2D eigenvalue weighted by Gasteiger charge is 2.29. The zero-order valence-electron chi connectivity index (χ0n) is 14.1. The lowest BCUT2D eigenvalue weighted by atomic mass is 10.3. The third-order valence-corrected chi connectivity index (χ3v) is 8.93. The summed E-state index contributed by atoms with van der Waals surface area (Å²) in [5.74, 6) is -1.06. The fourth-order valence-corrected chi connectivity index (χ4v) is 7.82. The molecule has 0 aliphatic rings. The van der Waals surface area contributed by atoms with Crippen molar-refractivity contribution in [3.63, 3.8) is 0 Å². The van der Waals surface area contributed by atoms with Crippen molar-refractivity contribution in [2.45, 2.75) is 13.3 Å². The van der Waals surface area contributed by atoms with E-state index in [1.807, 2.05) is 97.9 Å². The Morgan fingerprint density at radius 2 is 1.04 bits per heavy atom. The Bertz CT molecular complexity index is 797. The first-order chi connectivity index (χ1) is 12.2. The molecule has 126 valence electrons. The minimum Gasteiger partial charge on any atom is -0.545 e. The molecule has 3 heteroatoms. The number of hydrogen-bond acceptors (Lipinski definition) is 2. The number of hydrogen-bond donors (Lipinski definition) is 0. The maximum absolute atomic E-state index is 12.2.